The molecule has 0 saturated heterocycles. The van der Waals surface area contributed by atoms with E-state index in [1.807, 2.05) is 11.8 Å². The van der Waals surface area contributed by atoms with Crippen LogP contribution in [0.15, 0.2) is 18.2 Å². The molecule has 0 radical (unpaired) electrons. The Morgan fingerprint density at radius 2 is 1.90 bits per heavy atom. The van der Waals surface area contributed by atoms with Crippen LogP contribution < -0.4 is 5.32 Å². The van der Waals surface area contributed by atoms with Crippen molar-refractivity contribution in [3.63, 3.8) is 0 Å². The number of H-pyrrole nitrogens is 1. The van der Waals surface area contributed by atoms with Crippen molar-refractivity contribution in [1.29, 1.82) is 0 Å². The van der Waals surface area contributed by atoms with E-state index in [9.17, 15) is 23.6 Å². The van der Waals surface area contributed by atoms with Gasteiger partial charge in [-0.05, 0) is 49.9 Å². The van der Waals surface area contributed by atoms with E-state index in [1.54, 1.807) is 12.1 Å². The number of hydrogen-bond donors (Lipinski definition) is 5. The van der Waals surface area contributed by atoms with E-state index < -0.39 is 30.3 Å². The van der Waals surface area contributed by atoms with Crippen molar-refractivity contribution in [3.8, 4) is 0 Å². The van der Waals surface area contributed by atoms with Gasteiger partial charge in [0.05, 0.1) is 17.6 Å². The summed E-state index contributed by atoms with van der Waals surface area (Å²) >= 11 is 0. The Morgan fingerprint density at radius 3 is 2.49 bits per heavy atom. The molecule has 3 heterocycles. The SMILES string of the molecule is CCN(CC)CCN1CCc2[nH]c(C=C3C(=O)Nc4ccc(F)cc43)c(C)c2C1=O.O=C(O)CC(O)C(=O)O. The molecule has 0 saturated carbocycles. The van der Waals surface area contributed by atoms with Crippen LogP contribution in [0.4, 0.5) is 10.1 Å². The number of nitrogens with zero attached hydrogens (tertiary/aromatic N) is 2. The average molecular weight is 545 g/mol. The Hall–Kier alpha value is -4.03. The van der Waals surface area contributed by atoms with Crippen LogP contribution in [0.1, 0.15) is 53.1 Å². The molecule has 39 heavy (non-hydrogen) atoms. The Labute approximate surface area is 224 Å². The average Bonchev–Trinajstić information content (AvgIpc) is 3.37. The predicted molar refractivity (Wildman–Crippen MR) is 142 cm³/mol. The van der Waals surface area contributed by atoms with Gasteiger partial charge in [-0.1, -0.05) is 13.8 Å². The summed E-state index contributed by atoms with van der Waals surface area (Å²) in [5.41, 5.74) is 4.69. The van der Waals surface area contributed by atoms with Crippen LogP contribution in [-0.4, -0.2) is 92.7 Å². The Morgan fingerprint density at radius 1 is 1.21 bits per heavy atom. The van der Waals surface area contributed by atoms with Crippen LogP contribution in [-0.2, 0) is 20.8 Å². The number of likely N-dealkylation sites (N-methyl/N-ethyl adjacent to an activating group) is 1. The van der Waals surface area contributed by atoms with Crippen LogP contribution in [0, 0.1) is 12.7 Å². The molecule has 1 aromatic heterocycles. The van der Waals surface area contributed by atoms with E-state index in [0.717, 1.165) is 43.0 Å². The number of carbonyl (C=O) groups is 4. The van der Waals surface area contributed by atoms with Gasteiger partial charge in [-0.2, -0.15) is 0 Å². The third kappa shape index (κ3) is 6.89. The van der Waals surface area contributed by atoms with Gasteiger partial charge in [0.1, 0.15) is 5.82 Å². The molecule has 1 atom stereocenters. The highest BCUT2D eigenvalue weighted by Crippen LogP contribution is 2.35. The van der Waals surface area contributed by atoms with Crippen molar-refractivity contribution in [1.82, 2.24) is 14.8 Å². The minimum atomic E-state index is -1.79. The molecule has 2 aromatic rings. The number of aromatic amines is 1. The minimum Gasteiger partial charge on any atom is -0.481 e. The number of carboxylic acid groups (broad SMARTS) is 2. The number of hydrogen-bond acceptors (Lipinski definition) is 6. The quantitative estimate of drug-likeness (QED) is 0.300. The number of anilines is 1. The number of rotatable bonds is 9. The number of fused-ring (bicyclic) bond motifs is 2. The van der Waals surface area contributed by atoms with Gasteiger partial charge in [-0.25, -0.2) is 9.18 Å². The highest BCUT2D eigenvalue weighted by atomic mass is 19.1. The van der Waals surface area contributed by atoms with E-state index in [4.69, 9.17) is 15.3 Å². The molecule has 0 fully saturated rings. The fraction of sp³-hybridized carbons (Fsp3) is 0.407. The zero-order valence-corrected chi connectivity index (χ0v) is 22.1. The van der Waals surface area contributed by atoms with Crippen molar-refractivity contribution in [2.75, 3.05) is 38.0 Å². The number of halogens is 1. The second-order valence-electron chi connectivity index (χ2n) is 9.24. The van der Waals surface area contributed by atoms with Crippen LogP contribution in [0.25, 0.3) is 11.6 Å². The topological polar surface area (TPSA) is 163 Å². The first-order valence-electron chi connectivity index (χ1n) is 12.6. The molecule has 210 valence electrons. The van der Waals surface area contributed by atoms with Gasteiger partial charge in [0.25, 0.3) is 11.8 Å². The first-order chi connectivity index (χ1) is 18.5. The number of benzene rings is 1. The first-order valence-corrected chi connectivity index (χ1v) is 12.6. The van der Waals surface area contributed by atoms with Crippen molar-refractivity contribution in [3.05, 3.63) is 52.1 Å². The summed E-state index contributed by atoms with van der Waals surface area (Å²) < 4.78 is 13.7. The maximum absolute atomic E-state index is 13.7. The van der Waals surface area contributed by atoms with Gasteiger partial charge in [-0.15, -0.1) is 0 Å². The molecule has 1 unspecified atom stereocenters. The molecule has 11 nitrogen and oxygen atoms in total. The lowest BCUT2D eigenvalue weighted by atomic mass is 10.0. The minimum absolute atomic E-state index is 0.0316. The number of carboxylic acids is 2. The lowest BCUT2D eigenvalue weighted by molar-refractivity contribution is -0.152. The Kier molecular flexibility index (Phi) is 9.60. The molecule has 4 rings (SSSR count). The number of aromatic nitrogens is 1. The highest BCUT2D eigenvalue weighted by molar-refractivity contribution is 6.34. The van der Waals surface area contributed by atoms with Crippen LogP contribution in [0.3, 0.4) is 0 Å². The van der Waals surface area contributed by atoms with Crippen molar-refractivity contribution in [2.24, 2.45) is 0 Å². The van der Waals surface area contributed by atoms with E-state index >= 15 is 0 Å². The molecular formula is C27H33FN4O7. The van der Waals surface area contributed by atoms with Crippen molar-refractivity contribution < 1.29 is 38.9 Å². The number of amides is 2. The summed E-state index contributed by atoms with van der Waals surface area (Å²) in [5.74, 6) is -3.47. The van der Waals surface area contributed by atoms with Gasteiger partial charge < -0.3 is 35.4 Å². The summed E-state index contributed by atoms with van der Waals surface area (Å²) in [6.45, 7) is 10.3. The van der Waals surface area contributed by atoms with Gasteiger partial charge in [0.2, 0.25) is 0 Å². The van der Waals surface area contributed by atoms with Gasteiger partial charge >= 0.3 is 11.9 Å². The third-order valence-corrected chi connectivity index (χ3v) is 6.79. The van der Waals surface area contributed by atoms with Crippen molar-refractivity contribution in [2.45, 2.75) is 39.7 Å². The number of aliphatic hydroxyl groups excluding tert-OH is 1. The Bertz CT molecular complexity index is 1300. The summed E-state index contributed by atoms with van der Waals surface area (Å²) in [4.78, 5) is 52.5. The second-order valence-corrected chi connectivity index (χ2v) is 9.24. The number of aliphatic hydroxyl groups is 1. The summed E-state index contributed by atoms with van der Waals surface area (Å²) in [7, 11) is 0. The maximum Gasteiger partial charge on any atom is 0.333 e. The molecule has 2 aliphatic rings. The van der Waals surface area contributed by atoms with E-state index in [0.29, 0.717) is 35.5 Å². The summed E-state index contributed by atoms with van der Waals surface area (Å²) in [6.07, 6.45) is -0.0693. The molecule has 0 spiro atoms. The van der Waals surface area contributed by atoms with Crippen LogP contribution in [0.2, 0.25) is 0 Å². The lowest BCUT2D eigenvalue weighted by Gasteiger charge is -2.29. The molecule has 5 N–H and O–H groups in total. The molecule has 2 amide bonds. The van der Waals surface area contributed by atoms with Gasteiger partial charge in [0, 0.05) is 48.7 Å². The number of nitrogens with one attached hydrogen (secondary N) is 2. The standard InChI is InChI=1S/C23H27FN4O2.C4H6O5/c1-4-27(5-2)10-11-28-9-8-19-21(23(28)30)14(3)20(25-19)13-17-16-12-15(24)6-7-18(16)26-22(17)29;5-2(4(8)9)1-3(6)7/h6-7,12-13,25H,4-5,8-11H2,1-3H3,(H,26,29);2,5H,1H2,(H,6,7)(H,8,9). The molecule has 0 aliphatic carbocycles. The second kappa shape index (κ2) is 12.7. The van der Waals surface area contributed by atoms with Crippen LogP contribution in [0.5, 0.6) is 0 Å². The maximum atomic E-state index is 13.7. The van der Waals surface area contributed by atoms with Gasteiger partial charge in [0.15, 0.2) is 6.10 Å². The first kappa shape index (κ1) is 29.5. The van der Waals surface area contributed by atoms with Crippen molar-refractivity contribution >= 4 is 41.1 Å². The van der Waals surface area contributed by atoms with E-state index in [2.05, 4.69) is 29.0 Å². The third-order valence-electron chi connectivity index (χ3n) is 6.79. The molecule has 0 bridgehead atoms. The van der Waals surface area contributed by atoms with Crippen LogP contribution >= 0.6 is 0 Å². The highest BCUT2D eigenvalue weighted by Gasteiger charge is 2.30. The zero-order valence-electron chi connectivity index (χ0n) is 22.1. The molecule has 1 aromatic carbocycles. The molecule has 12 heteroatoms. The smallest absolute Gasteiger partial charge is 0.333 e. The van der Waals surface area contributed by atoms with E-state index in [1.165, 1.54) is 12.1 Å². The summed E-state index contributed by atoms with van der Waals surface area (Å²) in [6, 6.07) is 4.25. The molecule has 2 aliphatic heterocycles. The number of aliphatic carboxylic acids is 2. The summed E-state index contributed by atoms with van der Waals surface area (Å²) in [5, 5.41) is 26.9. The monoisotopic (exact) mass is 544 g/mol. The number of carbonyl (C=O) groups excluding carboxylic acids is 2. The largest absolute Gasteiger partial charge is 0.481 e. The van der Waals surface area contributed by atoms with Gasteiger partial charge in [-0.3, -0.25) is 14.4 Å². The fourth-order valence-electron chi connectivity index (χ4n) is 4.52. The van der Waals surface area contributed by atoms with E-state index in [-0.39, 0.29) is 11.8 Å². The predicted octanol–water partition coefficient (Wildman–Crippen LogP) is 2.20. The lowest BCUT2D eigenvalue weighted by Crippen LogP contribution is -2.42. The fourth-order valence-corrected chi connectivity index (χ4v) is 4.52. The molecular weight excluding hydrogens is 511 g/mol. The normalized spacial score (nSPS) is 15.9. The Balaban J connectivity index is 0.000000403. The zero-order chi connectivity index (χ0) is 28.9.